The highest BCUT2D eigenvalue weighted by molar-refractivity contribution is 5.75. The van der Waals surface area contributed by atoms with Crippen molar-refractivity contribution < 1.29 is 13.9 Å². The molecule has 122 valence electrons. The molecule has 3 atom stereocenters. The van der Waals surface area contributed by atoms with Gasteiger partial charge in [0, 0.05) is 24.4 Å². The average Bonchev–Trinajstić information content (AvgIpc) is 3.09. The van der Waals surface area contributed by atoms with Crippen LogP contribution in [0, 0.1) is 0 Å². The van der Waals surface area contributed by atoms with Crippen molar-refractivity contribution in [1.29, 1.82) is 0 Å². The highest BCUT2D eigenvalue weighted by Gasteiger charge is 2.41. The molecule has 2 amide bonds. The molecule has 5 nitrogen and oxygen atoms in total. The molecule has 2 aromatic rings. The molecule has 1 aliphatic carbocycles. The summed E-state index contributed by atoms with van der Waals surface area (Å²) in [6.07, 6.45) is 3.27. The maximum Gasteiger partial charge on any atom is 0.315 e. The van der Waals surface area contributed by atoms with Crippen molar-refractivity contribution >= 4 is 6.03 Å². The van der Waals surface area contributed by atoms with Gasteiger partial charge in [0.15, 0.2) is 0 Å². The number of carbonyl (C=O) groups is 1. The smallest absolute Gasteiger partial charge is 0.315 e. The number of carbonyl (C=O) groups excluding carboxylic acids is 1. The first-order chi connectivity index (χ1) is 11.2. The first-order valence-corrected chi connectivity index (χ1v) is 7.89. The Balaban J connectivity index is 1.48. The number of rotatable bonds is 6. The minimum Gasteiger partial charge on any atom is -0.496 e. The molecule has 1 aromatic carbocycles. The summed E-state index contributed by atoms with van der Waals surface area (Å²) in [5.41, 5.74) is 1.16. The zero-order valence-electron chi connectivity index (χ0n) is 13.4. The monoisotopic (exact) mass is 314 g/mol. The van der Waals surface area contributed by atoms with Crippen LogP contribution in [0.5, 0.6) is 5.75 Å². The van der Waals surface area contributed by atoms with Gasteiger partial charge in [0.05, 0.1) is 13.4 Å². The summed E-state index contributed by atoms with van der Waals surface area (Å²) in [7, 11) is 1.67. The van der Waals surface area contributed by atoms with Crippen LogP contribution < -0.4 is 15.4 Å². The van der Waals surface area contributed by atoms with E-state index in [2.05, 4.69) is 16.7 Å². The van der Waals surface area contributed by atoms with E-state index in [9.17, 15) is 4.79 Å². The summed E-state index contributed by atoms with van der Waals surface area (Å²) in [5.74, 6) is 2.08. The summed E-state index contributed by atoms with van der Waals surface area (Å²) in [6.45, 7) is 1.96. The summed E-state index contributed by atoms with van der Waals surface area (Å²) < 4.78 is 10.7. The average molecular weight is 314 g/mol. The van der Waals surface area contributed by atoms with E-state index in [-0.39, 0.29) is 18.1 Å². The fourth-order valence-corrected chi connectivity index (χ4v) is 2.89. The van der Waals surface area contributed by atoms with Gasteiger partial charge < -0.3 is 19.8 Å². The van der Waals surface area contributed by atoms with E-state index < -0.39 is 0 Å². The lowest BCUT2D eigenvalue weighted by Crippen LogP contribution is -2.42. The van der Waals surface area contributed by atoms with Gasteiger partial charge in [0.1, 0.15) is 11.5 Å². The van der Waals surface area contributed by atoms with Crippen LogP contribution in [-0.2, 0) is 6.42 Å². The van der Waals surface area contributed by atoms with E-state index in [1.54, 1.807) is 13.4 Å². The molecular weight excluding hydrogens is 292 g/mol. The lowest BCUT2D eigenvalue weighted by molar-refractivity contribution is 0.236. The van der Waals surface area contributed by atoms with Gasteiger partial charge in [-0.15, -0.1) is 0 Å². The van der Waals surface area contributed by atoms with E-state index >= 15 is 0 Å². The Kier molecular flexibility index (Phi) is 4.55. The minimum absolute atomic E-state index is 0.0182. The minimum atomic E-state index is -0.133. The zero-order valence-corrected chi connectivity index (χ0v) is 13.4. The summed E-state index contributed by atoms with van der Waals surface area (Å²) in [6, 6.07) is 11.8. The highest BCUT2D eigenvalue weighted by Crippen LogP contribution is 2.44. The molecule has 0 aliphatic heterocycles. The third-order valence-corrected chi connectivity index (χ3v) is 4.11. The molecule has 1 fully saturated rings. The van der Waals surface area contributed by atoms with Gasteiger partial charge in [0.2, 0.25) is 0 Å². The van der Waals surface area contributed by atoms with Gasteiger partial charge in [-0.25, -0.2) is 4.79 Å². The van der Waals surface area contributed by atoms with E-state index in [1.807, 2.05) is 37.3 Å². The first-order valence-electron chi connectivity index (χ1n) is 7.89. The van der Waals surface area contributed by atoms with E-state index in [1.165, 1.54) is 0 Å². The second-order valence-electron chi connectivity index (χ2n) is 5.99. The number of para-hydroxylation sites is 1. The largest absolute Gasteiger partial charge is 0.496 e. The quantitative estimate of drug-likeness (QED) is 0.861. The van der Waals surface area contributed by atoms with Crippen LogP contribution in [0.25, 0.3) is 0 Å². The Morgan fingerprint density at radius 3 is 2.91 bits per heavy atom. The molecule has 0 bridgehead atoms. The number of methoxy groups -OCH3 is 1. The normalized spacial score (nSPS) is 20.6. The fourth-order valence-electron chi connectivity index (χ4n) is 2.89. The predicted molar refractivity (Wildman–Crippen MR) is 87.7 cm³/mol. The molecule has 1 heterocycles. The Labute approximate surface area is 136 Å². The lowest BCUT2D eigenvalue weighted by atomic mass is 10.1. The van der Waals surface area contributed by atoms with Crippen molar-refractivity contribution in [2.24, 2.45) is 0 Å². The summed E-state index contributed by atoms with van der Waals surface area (Å²) in [4.78, 5) is 12.1. The van der Waals surface area contributed by atoms with Crippen LogP contribution in [-0.4, -0.2) is 25.2 Å². The van der Waals surface area contributed by atoms with Crippen LogP contribution in [0.4, 0.5) is 4.79 Å². The van der Waals surface area contributed by atoms with Crippen LogP contribution in [0.15, 0.2) is 47.1 Å². The SMILES string of the molecule is COc1ccccc1[C@@H]1C[C@H]1NC(=O)N[C@@H](C)Cc1ccco1. The van der Waals surface area contributed by atoms with Gasteiger partial charge in [-0.1, -0.05) is 18.2 Å². The zero-order chi connectivity index (χ0) is 16.2. The maximum absolute atomic E-state index is 12.1. The molecule has 0 radical (unpaired) electrons. The maximum atomic E-state index is 12.1. The Bertz CT molecular complexity index is 654. The topological polar surface area (TPSA) is 63.5 Å². The Hall–Kier alpha value is -2.43. The second-order valence-corrected chi connectivity index (χ2v) is 5.99. The number of ether oxygens (including phenoxy) is 1. The molecule has 2 N–H and O–H groups in total. The first kappa shape index (κ1) is 15.5. The van der Waals surface area contributed by atoms with Crippen molar-refractivity contribution in [3.8, 4) is 5.75 Å². The van der Waals surface area contributed by atoms with Crippen molar-refractivity contribution in [3.63, 3.8) is 0 Å². The molecule has 5 heteroatoms. The van der Waals surface area contributed by atoms with E-state index in [0.717, 1.165) is 23.5 Å². The molecule has 0 unspecified atom stereocenters. The van der Waals surface area contributed by atoms with Crippen LogP contribution in [0.2, 0.25) is 0 Å². The van der Waals surface area contributed by atoms with Crippen LogP contribution in [0.1, 0.15) is 30.6 Å². The number of amides is 2. The van der Waals surface area contributed by atoms with Gasteiger partial charge in [-0.3, -0.25) is 0 Å². The predicted octanol–water partition coefficient (Wildman–Crippen LogP) is 3.07. The molecule has 3 rings (SSSR count). The molecular formula is C18H22N2O3. The molecule has 1 saturated carbocycles. The number of hydrogen-bond acceptors (Lipinski definition) is 3. The highest BCUT2D eigenvalue weighted by atomic mass is 16.5. The Morgan fingerprint density at radius 2 is 2.17 bits per heavy atom. The standard InChI is InChI=1S/C18H22N2O3/c1-12(10-13-6-5-9-23-13)19-18(21)20-16-11-15(16)14-7-3-4-8-17(14)22-2/h3-9,12,15-16H,10-11H2,1-2H3,(H2,19,20,21)/t12-,15-,16+/m0/s1. The van der Waals surface area contributed by atoms with Gasteiger partial charge in [-0.2, -0.15) is 0 Å². The van der Waals surface area contributed by atoms with E-state index in [4.69, 9.17) is 9.15 Å². The van der Waals surface area contributed by atoms with Crippen LogP contribution >= 0.6 is 0 Å². The molecule has 23 heavy (non-hydrogen) atoms. The van der Waals surface area contributed by atoms with Gasteiger partial charge >= 0.3 is 6.03 Å². The van der Waals surface area contributed by atoms with Gasteiger partial charge in [0.25, 0.3) is 0 Å². The molecule has 1 aromatic heterocycles. The third kappa shape index (κ3) is 3.86. The second kappa shape index (κ2) is 6.77. The number of urea groups is 1. The van der Waals surface area contributed by atoms with Crippen molar-refractivity contribution in [2.75, 3.05) is 7.11 Å². The van der Waals surface area contributed by atoms with Crippen LogP contribution in [0.3, 0.4) is 0 Å². The van der Waals surface area contributed by atoms with E-state index in [0.29, 0.717) is 12.3 Å². The third-order valence-electron chi connectivity index (χ3n) is 4.11. The molecule has 1 aliphatic rings. The fraction of sp³-hybridized carbons (Fsp3) is 0.389. The number of nitrogens with one attached hydrogen (secondary N) is 2. The lowest BCUT2D eigenvalue weighted by Gasteiger charge is -2.14. The molecule has 0 spiro atoms. The number of benzene rings is 1. The Morgan fingerprint density at radius 1 is 1.35 bits per heavy atom. The number of furan rings is 1. The van der Waals surface area contributed by atoms with Gasteiger partial charge in [-0.05, 0) is 37.1 Å². The summed E-state index contributed by atoms with van der Waals surface area (Å²) in [5, 5.41) is 5.98. The molecule has 0 saturated heterocycles. The number of hydrogen-bond donors (Lipinski definition) is 2. The van der Waals surface area contributed by atoms with Crippen molar-refractivity contribution in [3.05, 3.63) is 54.0 Å². The summed E-state index contributed by atoms with van der Waals surface area (Å²) >= 11 is 0. The van der Waals surface area contributed by atoms with Crippen molar-refractivity contribution in [1.82, 2.24) is 10.6 Å². The van der Waals surface area contributed by atoms with Crippen molar-refractivity contribution in [2.45, 2.75) is 37.8 Å².